The number of hydrogen-bond acceptors (Lipinski definition) is 7. The zero-order valence-electron chi connectivity index (χ0n) is 16.2. The number of nitrogens with zero attached hydrogens (tertiary/aromatic N) is 4. The fourth-order valence-electron chi connectivity index (χ4n) is 3.52. The van der Waals surface area contributed by atoms with E-state index < -0.39 is 5.82 Å². The van der Waals surface area contributed by atoms with Gasteiger partial charge in [0.25, 0.3) is 5.91 Å². The van der Waals surface area contributed by atoms with Crippen LogP contribution in [0.4, 0.5) is 10.3 Å². The second-order valence-corrected chi connectivity index (χ2v) is 8.61. The van der Waals surface area contributed by atoms with E-state index in [1.807, 2.05) is 19.9 Å². The molecule has 2 N–H and O–H groups in total. The van der Waals surface area contributed by atoms with E-state index in [4.69, 9.17) is 0 Å². The van der Waals surface area contributed by atoms with Crippen LogP contribution in [0.1, 0.15) is 40.3 Å². The smallest absolute Gasteiger partial charge is 0.274 e. The molecule has 0 aromatic carbocycles. The third-order valence-electron chi connectivity index (χ3n) is 5.10. The van der Waals surface area contributed by atoms with E-state index in [0.717, 1.165) is 22.2 Å². The number of anilines is 1. The molecule has 1 fully saturated rings. The van der Waals surface area contributed by atoms with Gasteiger partial charge in [0.1, 0.15) is 5.82 Å². The van der Waals surface area contributed by atoms with Crippen LogP contribution < -0.4 is 5.32 Å². The molecule has 152 valence electrons. The lowest BCUT2D eigenvalue weighted by Gasteiger charge is -2.18. The van der Waals surface area contributed by atoms with Gasteiger partial charge < -0.3 is 15.3 Å². The van der Waals surface area contributed by atoms with Crippen LogP contribution in [0.15, 0.2) is 24.5 Å². The summed E-state index contributed by atoms with van der Waals surface area (Å²) in [6, 6.07) is 3.05. The van der Waals surface area contributed by atoms with Crippen LogP contribution >= 0.6 is 11.3 Å². The van der Waals surface area contributed by atoms with Crippen molar-refractivity contribution in [2.75, 3.05) is 25.0 Å². The van der Waals surface area contributed by atoms with Crippen molar-refractivity contribution in [3.63, 3.8) is 0 Å². The van der Waals surface area contributed by atoms with Gasteiger partial charge in [0, 0.05) is 36.7 Å². The third kappa shape index (κ3) is 4.06. The Bertz CT molecular complexity index is 1060. The molecule has 9 heteroatoms. The molecule has 0 bridgehead atoms. The monoisotopic (exact) mass is 415 g/mol. The first-order valence-electron chi connectivity index (χ1n) is 9.50. The van der Waals surface area contributed by atoms with E-state index in [2.05, 4.69) is 20.3 Å². The van der Waals surface area contributed by atoms with Crippen molar-refractivity contribution < 1.29 is 14.3 Å². The first kappa shape index (κ1) is 19.7. The number of aryl methyl sites for hydroxylation is 1. The van der Waals surface area contributed by atoms with Crippen LogP contribution in [0.25, 0.3) is 10.2 Å². The Kier molecular flexibility index (Phi) is 5.42. The van der Waals surface area contributed by atoms with Crippen LogP contribution in [0.3, 0.4) is 0 Å². The van der Waals surface area contributed by atoms with Gasteiger partial charge in [-0.15, -0.1) is 11.3 Å². The molecule has 0 saturated carbocycles. The Balaban J connectivity index is 1.66. The number of carbonyl (C=O) groups excluding carboxylic acids is 1. The number of rotatable bonds is 5. The van der Waals surface area contributed by atoms with Gasteiger partial charge in [-0.3, -0.25) is 9.78 Å². The van der Waals surface area contributed by atoms with Gasteiger partial charge in [-0.25, -0.2) is 14.4 Å². The number of aromatic nitrogens is 3. The lowest BCUT2D eigenvalue weighted by molar-refractivity contribution is 0.0778. The fourth-order valence-corrected chi connectivity index (χ4v) is 4.45. The highest BCUT2D eigenvalue weighted by Gasteiger charge is 2.29. The summed E-state index contributed by atoms with van der Waals surface area (Å²) in [5.41, 5.74) is 1.72. The number of fused-ring (bicyclic) bond motifs is 1. The largest absolute Gasteiger partial charge is 0.396 e. The molecule has 1 saturated heterocycles. The van der Waals surface area contributed by atoms with Crippen molar-refractivity contribution in [2.45, 2.75) is 26.3 Å². The number of aliphatic hydroxyl groups is 1. The van der Waals surface area contributed by atoms with Crippen molar-refractivity contribution in [1.82, 2.24) is 19.9 Å². The van der Waals surface area contributed by atoms with Crippen LogP contribution in [0.2, 0.25) is 0 Å². The molecule has 4 rings (SSSR count). The van der Waals surface area contributed by atoms with Crippen molar-refractivity contribution in [2.24, 2.45) is 5.92 Å². The molecular formula is C20H22FN5O2S. The van der Waals surface area contributed by atoms with E-state index >= 15 is 0 Å². The molecule has 0 spiro atoms. The van der Waals surface area contributed by atoms with E-state index in [1.54, 1.807) is 11.1 Å². The van der Waals surface area contributed by atoms with Crippen molar-refractivity contribution >= 4 is 33.4 Å². The topological polar surface area (TPSA) is 91.2 Å². The number of nitrogens with one attached hydrogen (secondary N) is 1. The van der Waals surface area contributed by atoms with Gasteiger partial charge in [-0.2, -0.15) is 0 Å². The zero-order valence-corrected chi connectivity index (χ0v) is 17.0. The lowest BCUT2D eigenvalue weighted by atomic mass is 10.1. The van der Waals surface area contributed by atoms with E-state index in [0.29, 0.717) is 35.8 Å². The van der Waals surface area contributed by atoms with E-state index in [9.17, 15) is 14.3 Å². The Morgan fingerprint density at radius 3 is 2.97 bits per heavy atom. The molecule has 2 atom stereocenters. The highest BCUT2D eigenvalue weighted by molar-refractivity contribution is 7.19. The van der Waals surface area contributed by atoms with Crippen LogP contribution in [-0.2, 0) is 0 Å². The SMILES string of the molecule is Cc1cc2nc(N[C@@H](C)c3cncc(F)c3)nc(C(=O)N3CC[C@@H](CO)C3)c2s1. The Hall–Kier alpha value is -2.65. The van der Waals surface area contributed by atoms with Crippen LogP contribution in [-0.4, -0.2) is 50.6 Å². The highest BCUT2D eigenvalue weighted by Crippen LogP contribution is 2.30. The Labute approximate surface area is 171 Å². The molecule has 1 aliphatic heterocycles. The van der Waals surface area contributed by atoms with Gasteiger partial charge >= 0.3 is 0 Å². The number of halogens is 1. The summed E-state index contributed by atoms with van der Waals surface area (Å²) in [6.45, 7) is 5.03. The quantitative estimate of drug-likeness (QED) is 0.665. The molecule has 0 aliphatic carbocycles. The predicted octanol–water partition coefficient (Wildman–Crippen LogP) is 3.16. The highest BCUT2D eigenvalue weighted by atomic mass is 32.1. The summed E-state index contributed by atoms with van der Waals surface area (Å²) < 4.78 is 14.2. The molecule has 0 radical (unpaired) electrons. The number of thiophene rings is 1. The zero-order chi connectivity index (χ0) is 20.5. The molecule has 1 amide bonds. The summed E-state index contributed by atoms with van der Waals surface area (Å²) in [5.74, 6) is -0.143. The Morgan fingerprint density at radius 1 is 1.41 bits per heavy atom. The summed E-state index contributed by atoms with van der Waals surface area (Å²) in [7, 11) is 0. The fraction of sp³-hybridized carbons (Fsp3) is 0.400. The second kappa shape index (κ2) is 8.00. The minimum absolute atomic E-state index is 0.0765. The first-order chi connectivity index (χ1) is 13.9. The second-order valence-electron chi connectivity index (χ2n) is 7.36. The van der Waals surface area contributed by atoms with Crippen molar-refractivity contribution in [3.8, 4) is 0 Å². The van der Waals surface area contributed by atoms with Gasteiger partial charge in [0.15, 0.2) is 5.69 Å². The third-order valence-corrected chi connectivity index (χ3v) is 6.15. The van der Waals surface area contributed by atoms with E-state index in [1.165, 1.54) is 17.4 Å². The normalized spacial score (nSPS) is 17.7. The van der Waals surface area contributed by atoms with Gasteiger partial charge in [-0.05, 0) is 38.0 Å². The minimum atomic E-state index is -0.413. The summed E-state index contributed by atoms with van der Waals surface area (Å²) >= 11 is 1.49. The lowest BCUT2D eigenvalue weighted by Crippen LogP contribution is -2.30. The molecular weight excluding hydrogens is 393 g/mol. The molecule has 7 nitrogen and oxygen atoms in total. The maximum absolute atomic E-state index is 13.5. The summed E-state index contributed by atoms with van der Waals surface area (Å²) in [5, 5.41) is 12.5. The van der Waals surface area contributed by atoms with Crippen molar-refractivity contribution in [3.05, 3.63) is 46.5 Å². The number of pyridine rings is 1. The van der Waals surface area contributed by atoms with Crippen LogP contribution in [0.5, 0.6) is 0 Å². The van der Waals surface area contributed by atoms with Crippen LogP contribution in [0, 0.1) is 18.7 Å². The molecule has 4 heterocycles. The van der Waals surface area contributed by atoms with Crippen molar-refractivity contribution in [1.29, 1.82) is 0 Å². The van der Waals surface area contributed by atoms with E-state index in [-0.39, 0.29) is 24.5 Å². The average Bonchev–Trinajstić information content (AvgIpc) is 3.32. The van der Waals surface area contributed by atoms with Gasteiger partial charge in [0.05, 0.1) is 22.5 Å². The minimum Gasteiger partial charge on any atom is -0.396 e. The molecule has 29 heavy (non-hydrogen) atoms. The van der Waals surface area contributed by atoms with Gasteiger partial charge in [-0.1, -0.05) is 0 Å². The average molecular weight is 415 g/mol. The summed E-state index contributed by atoms with van der Waals surface area (Å²) in [6.07, 6.45) is 3.52. The molecule has 1 aliphatic rings. The number of likely N-dealkylation sites (tertiary alicyclic amines) is 1. The maximum atomic E-state index is 13.5. The number of amides is 1. The first-order valence-corrected chi connectivity index (χ1v) is 10.3. The predicted molar refractivity (Wildman–Crippen MR) is 109 cm³/mol. The van der Waals surface area contributed by atoms with Gasteiger partial charge in [0.2, 0.25) is 5.95 Å². The molecule has 3 aromatic rings. The molecule has 3 aromatic heterocycles. The maximum Gasteiger partial charge on any atom is 0.274 e. The number of hydrogen-bond donors (Lipinski definition) is 2. The standard InChI is InChI=1S/C20H22FN5O2S/c1-11-5-16-18(29-11)17(19(28)26-4-3-13(9-26)10-27)25-20(24-16)23-12(2)14-6-15(21)8-22-7-14/h5-8,12-13,27H,3-4,9-10H2,1-2H3,(H,23,24,25)/t12-,13+/m0/s1. The number of carbonyl (C=O) groups is 1. The number of aliphatic hydroxyl groups excluding tert-OH is 1. The Morgan fingerprint density at radius 2 is 2.24 bits per heavy atom. The summed E-state index contributed by atoms with van der Waals surface area (Å²) in [4.78, 5) is 28.9. The molecule has 0 unspecified atom stereocenters.